The van der Waals surface area contributed by atoms with Crippen molar-refractivity contribution in [3.05, 3.63) is 21.4 Å². The second-order valence-electron chi connectivity index (χ2n) is 6.17. The minimum absolute atomic E-state index is 0. The number of thiophene rings is 1. The molecule has 2 heterocycles. The minimum atomic E-state index is 0. The summed E-state index contributed by atoms with van der Waals surface area (Å²) in [5, 5.41) is 0. The number of nitrogens with two attached hydrogens (primary N) is 1. The van der Waals surface area contributed by atoms with Crippen molar-refractivity contribution >= 4 is 29.7 Å². The van der Waals surface area contributed by atoms with E-state index in [1.54, 1.807) is 11.3 Å². The molecule has 1 aromatic heterocycles. The second-order valence-corrected chi connectivity index (χ2v) is 7.30. The Kier molecular flexibility index (Phi) is 9.89. The van der Waals surface area contributed by atoms with Crippen LogP contribution in [0.15, 0.2) is 6.07 Å². The number of halogens is 1. The summed E-state index contributed by atoms with van der Waals surface area (Å²) in [5.74, 6) is 0.201. The normalized spacial score (nSPS) is 15.4. The number of carbonyl (C=O) groups excluding carboxylic acids is 1. The lowest BCUT2D eigenvalue weighted by Crippen LogP contribution is -2.40. The van der Waals surface area contributed by atoms with Crippen molar-refractivity contribution in [2.45, 2.75) is 58.5 Å². The molecular formula is C18H31ClN2O2S. The fourth-order valence-electron chi connectivity index (χ4n) is 3.02. The molecule has 24 heavy (non-hydrogen) atoms. The molecule has 1 amide bonds. The average Bonchev–Trinajstić information content (AvgIpc) is 2.98. The Morgan fingerprint density at radius 3 is 2.67 bits per heavy atom. The number of ether oxygens (including phenoxy) is 1. The van der Waals surface area contributed by atoms with Crippen LogP contribution in [0, 0.1) is 0 Å². The Hall–Kier alpha value is -0.620. The molecule has 2 N–H and O–H groups in total. The van der Waals surface area contributed by atoms with E-state index in [0.29, 0.717) is 6.54 Å². The van der Waals surface area contributed by atoms with E-state index in [9.17, 15) is 4.79 Å². The SMILES string of the molecule is CCCc1sc(C(=O)N2CCC(OCCCN)CC2)cc1CC.Cl. The van der Waals surface area contributed by atoms with Crippen molar-refractivity contribution in [3.63, 3.8) is 0 Å². The zero-order valence-corrected chi connectivity index (χ0v) is 16.5. The lowest BCUT2D eigenvalue weighted by atomic mass is 10.1. The minimum Gasteiger partial charge on any atom is -0.378 e. The maximum Gasteiger partial charge on any atom is 0.263 e. The smallest absolute Gasteiger partial charge is 0.263 e. The number of rotatable bonds is 8. The third-order valence-corrected chi connectivity index (χ3v) is 5.62. The molecule has 0 atom stereocenters. The van der Waals surface area contributed by atoms with Gasteiger partial charge in [0.25, 0.3) is 5.91 Å². The van der Waals surface area contributed by atoms with Crippen molar-refractivity contribution in [2.75, 3.05) is 26.2 Å². The number of amides is 1. The van der Waals surface area contributed by atoms with Crippen LogP contribution in [0.2, 0.25) is 0 Å². The van der Waals surface area contributed by atoms with E-state index in [4.69, 9.17) is 10.5 Å². The number of hydrogen-bond donors (Lipinski definition) is 1. The van der Waals surface area contributed by atoms with E-state index >= 15 is 0 Å². The fraction of sp³-hybridized carbons (Fsp3) is 0.722. The largest absolute Gasteiger partial charge is 0.378 e. The van der Waals surface area contributed by atoms with Crippen LogP contribution >= 0.6 is 23.7 Å². The number of hydrogen-bond acceptors (Lipinski definition) is 4. The van der Waals surface area contributed by atoms with Gasteiger partial charge in [-0.3, -0.25) is 4.79 Å². The number of aryl methyl sites for hydroxylation is 2. The third kappa shape index (κ3) is 5.73. The van der Waals surface area contributed by atoms with Gasteiger partial charge in [0.15, 0.2) is 0 Å². The summed E-state index contributed by atoms with van der Waals surface area (Å²) in [5.41, 5.74) is 6.83. The lowest BCUT2D eigenvalue weighted by molar-refractivity contribution is 0.00857. The van der Waals surface area contributed by atoms with Gasteiger partial charge in [-0.15, -0.1) is 23.7 Å². The van der Waals surface area contributed by atoms with Crippen molar-refractivity contribution in [1.82, 2.24) is 4.90 Å². The summed E-state index contributed by atoms with van der Waals surface area (Å²) in [7, 11) is 0. The second kappa shape index (κ2) is 11.1. The molecule has 2 rings (SSSR count). The molecule has 1 aliphatic rings. The first-order valence-corrected chi connectivity index (χ1v) is 9.73. The van der Waals surface area contributed by atoms with E-state index in [1.165, 1.54) is 10.4 Å². The number of nitrogens with zero attached hydrogens (tertiary/aromatic N) is 1. The summed E-state index contributed by atoms with van der Waals surface area (Å²) in [6, 6.07) is 2.11. The van der Waals surface area contributed by atoms with Crippen LogP contribution in [0.25, 0.3) is 0 Å². The summed E-state index contributed by atoms with van der Waals surface area (Å²) in [6.07, 6.45) is 6.29. The molecule has 1 saturated heterocycles. The fourth-order valence-corrected chi connectivity index (χ4v) is 4.35. The van der Waals surface area contributed by atoms with Crippen LogP contribution in [-0.2, 0) is 17.6 Å². The first-order chi connectivity index (χ1) is 11.2. The highest BCUT2D eigenvalue weighted by Crippen LogP contribution is 2.27. The van der Waals surface area contributed by atoms with E-state index in [-0.39, 0.29) is 24.4 Å². The molecule has 6 heteroatoms. The highest BCUT2D eigenvalue weighted by molar-refractivity contribution is 7.14. The Bertz CT molecular complexity index is 499. The first kappa shape index (κ1) is 21.4. The zero-order chi connectivity index (χ0) is 16.7. The van der Waals surface area contributed by atoms with Gasteiger partial charge >= 0.3 is 0 Å². The van der Waals surface area contributed by atoms with Gasteiger partial charge in [-0.05, 0) is 50.3 Å². The molecule has 0 unspecified atom stereocenters. The molecule has 0 aliphatic carbocycles. The number of piperidine rings is 1. The van der Waals surface area contributed by atoms with Gasteiger partial charge in [0.2, 0.25) is 0 Å². The molecule has 1 aliphatic heterocycles. The molecular weight excluding hydrogens is 344 g/mol. The molecule has 0 aromatic carbocycles. The van der Waals surface area contributed by atoms with E-state index in [1.807, 2.05) is 4.90 Å². The maximum atomic E-state index is 12.7. The molecule has 138 valence electrons. The maximum absolute atomic E-state index is 12.7. The summed E-state index contributed by atoms with van der Waals surface area (Å²) in [6.45, 7) is 7.37. The quantitative estimate of drug-likeness (QED) is 0.706. The Morgan fingerprint density at radius 1 is 1.38 bits per heavy atom. The van der Waals surface area contributed by atoms with Crippen LogP contribution in [-0.4, -0.2) is 43.2 Å². The monoisotopic (exact) mass is 374 g/mol. The molecule has 0 bridgehead atoms. The predicted molar refractivity (Wildman–Crippen MR) is 103 cm³/mol. The van der Waals surface area contributed by atoms with Gasteiger partial charge in [0, 0.05) is 24.6 Å². The molecule has 1 fully saturated rings. The number of likely N-dealkylation sites (tertiary alicyclic amines) is 1. The van der Waals surface area contributed by atoms with Crippen molar-refractivity contribution in [3.8, 4) is 0 Å². The van der Waals surface area contributed by atoms with Crippen molar-refractivity contribution in [2.24, 2.45) is 5.73 Å². The highest BCUT2D eigenvalue weighted by atomic mass is 35.5. The standard InChI is InChI=1S/C18H30N2O2S.ClH/c1-3-6-16-14(4-2)13-17(23-16)18(21)20-10-7-15(8-11-20)22-12-5-9-19;/h13,15H,3-12,19H2,1-2H3;1H. The highest BCUT2D eigenvalue weighted by Gasteiger charge is 2.25. The van der Waals surface area contributed by atoms with E-state index < -0.39 is 0 Å². The van der Waals surface area contributed by atoms with Gasteiger partial charge in [0.05, 0.1) is 11.0 Å². The predicted octanol–water partition coefficient (Wildman–Crippen LogP) is 3.65. The molecule has 0 spiro atoms. The van der Waals surface area contributed by atoms with Crippen LogP contribution in [0.4, 0.5) is 0 Å². The molecule has 1 aromatic rings. The summed E-state index contributed by atoms with van der Waals surface area (Å²) < 4.78 is 5.81. The Labute approximate surface area is 156 Å². The Morgan fingerprint density at radius 2 is 2.08 bits per heavy atom. The van der Waals surface area contributed by atoms with Gasteiger partial charge in [-0.1, -0.05) is 20.3 Å². The van der Waals surface area contributed by atoms with Gasteiger partial charge in [0.1, 0.15) is 0 Å². The molecule has 4 nitrogen and oxygen atoms in total. The first-order valence-electron chi connectivity index (χ1n) is 8.92. The summed E-state index contributed by atoms with van der Waals surface area (Å²) in [4.78, 5) is 17.0. The zero-order valence-electron chi connectivity index (χ0n) is 14.9. The molecule has 0 saturated carbocycles. The van der Waals surface area contributed by atoms with Crippen molar-refractivity contribution in [1.29, 1.82) is 0 Å². The van der Waals surface area contributed by atoms with Crippen molar-refractivity contribution < 1.29 is 9.53 Å². The van der Waals surface area contributed by atoms with Crippen LogP contribution < -0.4 is 5.73 Å². The number of carbonyl (C=O) groups is 1. The van der Waals surface area contributed by atoms with E-state index in [0.717, 1.165) is 63.1 Å². The van der Waals surface area contributed by atoms with Crippen LogP contribution in [0.3, 0.4) is 0 Å². The van der Waals surface area contributed by atoms with Crippen LogP contribution in [0.5, 0.6) is 0 Å². The summed E-state index contributed by atoms with van der Waals surface area (Å²) >= 11 is 1.69. The topological polar surface area (TPSA) is 55.6 Å². The van der Waals surface area contributed by atoms with Gasteiger partial charge < -0.3 is 15.4 Å². The van der Waals surface area contributed by atoms with E-state index in [2.05, 4.69) is 19.9 Å². The van der Waals surface area contributed by atoms with Gasteiger partial charge in [-0.25, -0.2) is 0 Å². The molecule has 0 radical (unpaired) electrons. The Balaban J connectivity index is 0.00000288. The third-order valence-electron chi connectivity index (χ3n) is 4.40. The van der Waals surface area contributed by atoms with Gasteiger partial charge in [-0.2, -0.15) is 0 Å². The van der Waals surface area contributed by atoms with Crippen LogP contribution in [0.1, 0.15) is 59.6 Å². The lowest BCUT2D eigenvalue weighted by Gasteiger charge is -2.31. The average molecular weight is 375 g/mol.